The molecule has 130 valence electrons. The van der Waals surface area contributed by atoms with Gasteiger partial charge in [0.05, 0.1) is 19.4 Å². The van der Waals surface area contributed by atoms with Gasteiger partial charge in [0.15, 0.2) is 0 Å². The number of hydrazone groups is 1. The van der Waals surface area contributed by atoms with Crippen molar-refractivity contribution in [2.24, 2.45) is 5.10 Å². The van der Waals surface area contributed by atoms with E-state index in [9.17, 15) is 4.79 Å². The number of halogens is 1. The molecular weight excluding hydrogens is 384 g/mol. The summed E-state index contributed by atoms with van der Waals surface area (Å²) in [5.74, 6) is -0.165. The van der Waals surface area contributed by atoms with Gasteiger partial charge >= 0.3 is 0 Å². The number of carbonyl (C=O) groups is 1. The minimum absolute atomic E-state index is 0.165. The Kier molecular flexibility index (Phi) is 6.27. The van der Waals surface area contributed by atoms with Crippen LogP contribution in [0.25, 0.3) is 0 Å². The maximum atomic E-state index is 12.8. The van der Waals surface area contributed by atoms with Gasteiger partial charge in [0.25, 0.3) is 5.91 Å². The molecule has 1 aromatic heterocycles. The fourth-order valence-corrected chi connectivity index (χ4v) is 2.95. The second-order valence-corrected chi connectivity index (χ2v) is 6.53. The lowest BCUT2D eigenvalue weighted by molar-refractivity contribution is -0.128. The van der Waals surface area contributed by atoms with Gasteiger partial charge in [0, 0.05) is 30.0 Å². The summed E-state index contributed by atoms with van der Waals surface area (Å²) in [6.07, 6.45) is 5.02. The number of rotatable bonds is 5. The largest absolute Gasteiger partial charge is 0.379 e. The van der Waals surface area contributed by atoms with Gasteiger partial charge in [-0.15, -0.1) is 0 Å². The number of hydrogen-bond donors (Lipinski definition) is 1. The maximum absolute atomic E-state index is 12.8. The third kappa shape index (κ3) is 4.94. The van der Waals surface area contributed by atoms with Gasteiger partial charge < -0.3 is 4.74 Å². The summed E-state index contributed by atoms with van der Waals surface area (Å²) < 4.78 is 6.39. The van der Waals surface area contributed by atoms with E-state index in [1.807, 2.05) is 36.4 Å². The summed E-state index contributed by atoms with van der Waals surface area (Å²) in [7, 11) is 0. The van der Waals surface area contributed by atoms with Crippen molar-refractivity contribution < 1.29 is 9.53 Å². The van der Waals surface area contributed by atoms with Gasteiger partial charge in [0.2, 0.25) is 0 Å². The quantitative estimate of drug-likeness (QED) is 0.615. The second-order valence-electron chi connectivity index (χ2n) is 5.62. The van der Waals surface area contributed by atoms with E-state index < -0.39 is 6.04 Å². The summed E-state index contributed by atoms with van der Waals surface area (Å²) in [5, 5.41) is 4.10. The third-order valence-corrected chi connectivity index (χ3v) is 4.47. The highest BCUT2D eigenvalue weighted by molar-refractivity contribution is 9.10. The average molecular weight is 403 g/mol. The molecule has 1 N–H and O–H groups in total. The summed E-state index contributed by atoms with van der Waals surface area (Å²) in [5.41, 5.74) is 4.47. The molecule has 2 heterocycles. The number of benzene rings is 1. The van der Waals surface area contributed by atoms with E-state index in [1.54, 1.807) is 18.6 Å². The summed E-state index contributed by atoms with van der Waals surface area (Å²) in [4.78, 5) is 18.9. The van der Waals surface area contributed by atoms with E-state index in [4.69, 9.17) is 4.74 Å². The summed E-state index contributed by atoms with van der Waals surface area (Å²) >= 11 is 3.39. The number of nitrogens with zero attached hydrogens (tertiary/aromatic N) is 3. The molecule has 0 saturated carbocycles. The van der Waals surface area contributed by atoms with E-state index >= 15 is 0 Å². The number of morpholine rings is 1. The van der Waals surface area contributed by atoms with Crippen LogP contribution >= 0.6 is 15.9 Å². The van der Waals surface area contributed by atoms with Gasteiger partial charge in [-0.3, -0.25) is 14.7 Å². The van der Waals surface area contributed by atoms with E-state index in [1.165, 1.54) is 0 Å². The molecule has 1 aromatic carbocycles. The molecule has 2 aromatic rings. The van der Waals surface area contributed by atoms with Crippen LogP contribution in [-0.2, 0) is 9.53 Å². The summed E-state index contributed by atoms with van der Waals surface area (Å²) in [6.45, 7) is 2.65. The molecule has 1 amide bonds. The first-order valence-electron chi connectivity index (χ1n) is 8.04. The van der Waals surface area contributed by atoms with Gasteiger partial charge in [-0.05, 0) is 35.4 Å². The standard InChI is InChI=1S/C18H19BrN4O2/c19-16-3-1-14(2-4-16)13-21-22-18(24)17(15-5-7-20-8-6-15)23-9-11-25-12-10-23/h1-8,13,17H,9-12H2,(H,22,24)/b21-13+. The Morgan fingerprint density at radius 3 is 2.56 bits per heavy atom. The van der Waals surface area contributed by atoms with Crippen LogP contribution in [0.2, 0.25) is 0 Å². The van der Waals surface area contributed by atoms with Gasteiger partial charge in [0.1, 0.15) is 6.04 Å². The van der Waals surface area contributed by atoms with Crippen LogP contribution in [0.3, 0.4) is 0 Å². The normalized spacial score (nSPS) is 16.7. The molecule has 1 fully saturated rings. The van der Waals surface area contributed by atoms with Crippen molar-refractivity contribution in [3.8, 4) is 0 Å². The van der Waals surface area contributed by atoms with Crippen molar-refractivity contribution in [2.45, 2.75) is 6.04 Å². The molecule has 1 saturated heterocycles. The maximum Gasteiger partial charge on any atom is 0.262 e. The monoisotopic (exact) mass is 402 g/mol. The number of aromatic nitrogens is 1. The molecule has 7 heteroatoms. The Bertz CT molecular complexity index is 716. The van der Waals surface area contributed by atoms with E-state index in [0.29, 0.717) is 26.3 Å². The number of amides is 1. The molecule has 0 radical (unpaired) electrons. The molecule has 6 nitrogen and oxygen atoms in total. The zero-order chi connectivity index (χ0) is 17.5. The van der Waals surface area contributed by atoms with Crippen LogP contribution < -0.4 is 5.43 Å². The fourth-order valence-electron chi connectivity index (χ4n) is 2.69. The molecule has 25 heavy (non-hydrogen) atoms. The SMILES string of the molecule is O=C(N/N=C/c1ccc(Br)cc1)C(c1ccncc1)N1CCOCC1. The topological polar surface area (TPSA) is 66.8 Å². The van der Waals surface area contributed by atoms with Crippen molar-refractivity contribution >= 4 is 28.1 Å². The Hall–Kier alpha value is -2.09. The third-order valence-electron chi connectivity index (χ3n) is 3.94. The van der Waals surface area contributed by atoms with Gasteiger partial charge in [-0.25, -0.2) is 5.43 Å². The molecule has 0 bridgehead atoms. The van der Waals surface area contributed by atoms with Crippen molar-refractivity contribution in [1.82, 2.24) is 15.3 Å². The van der Waals surface area contributed by atoms with Crippen molar-refractivity contribution in [1.29, 1.82) is 0 Å². The average Bonchev–Trinajstić information content (AvgIpc) is 2.65. The lowest BCUT2D eigenvalue weighted by Gasteiger charge is -2.33. The van der Waals surface area contributed by atoms with Crippen LogP contribution in [0, 0.1) is 0 Å². The first kappa shape index (κ1) is 17.7. The molecular formula is C18H19BrN4O2. The molecule has 1 aliphatic rings. The molecule has 3 rings (SSSR count). The van der Waals surface area contributed by atoms with E-state index in [2.05, 4.69) is 36.3 Å². The minimum atomic E-state index is -0.408. The Morgan fingerprint density at radius 2 is 1.88 bits per heavy atom. The molecule has 1 aliphatic heterocycles. The molecule has 0 aliphatic carbocycles. The Labute approximate surface area is 155 Å². The predicted octanol–water partition coefficient (Wildman–Crippen LogP) is 2.37. The highest BCUT2D eigenvalue weighted by Crippen LogP contribution is 2.21. The van der Waals surface area contributed by atoms with Crippen molar-refractivity contribution in [2.75, 3.05) is 26.3 Å². The number of carbonyl (C=O) groups excluding carboxylic acids is 1. The van der Waals surface area contributed by atoms with Crippen LogP contribution in [0.4, 0.5) is 0 Å². The first-order valence-corrected chi connectivity index (χ1v) is 8.83. The Balaban J connectivity index is 1.71. The van der Waals surface area contributed by atoms with Crippen LogP contribution in [-0.4, -0.2) is 48.3 Å². The minimum Gasteiger partial charge on any atom is -0.379 e. The van der Waals surface area contributed by atoms with Crippen molar-refractivity contribution in [3.63, 3.8) is 0 Å². The fraction of sp³-hybridized carbons (Fsp3) is 0.278. The van der Waals surface area contributed by atoms with Crippen LogP contribution in [0.1, 0.15) is 17.2 Å². The number of ether oxygens (including phenoxy) is 1. The lowest BCUT2D eigenvalue weighted by Crippen LogP contribution is -2.44. The first-order chi connectivity index (χ1) is 12.2. The number of hydrogen-bond acceptors (Lipinski definition) is 5. The number of pyridine rings is 1. The highest BCUT2D eigenvalue weighted by atomic mass is 79.9. The smallest absolute Gasteiger partial charge is 0.262 e. The molecule has 0 spiro atoms. The zero-order valence-electron chi connectivity index (χ0n) is 13.6. The predicted molar refractivity (Wildman–Crippen MR) is 99.2 cm³/mol. The van der Waals surface area contributed by atoms with Gasteiger partial charge in [-0.1, -0.05) is 28.1 Å². The summed E-state index contributed by atoms with van der Waals surface area (Å²) in [6, 6.07) is 11.0. The van der Waals surface area contributed by atoms with Gasteiger partial charge in [-0.2, -0.15) is 5.10 Å². The van der Waals surface area contributed by atoms with Crippen LogP contribution in [0.15, 0.2) is 58.4 Å². The van der Waals surface area contributed by atoms with Crippen molar-refractivity contribution in [3.05, 3.63) is 64.4 Å². The zero-order valence-corrected chi connectivity index (χ0v) is 15.2. The van der Waals surface area contributed by atoms with E-state index in [-0.39, 0.29) is 5.91 Å². The number of nitrogens with one attached hydrogen (secondary N) is 1. The second kappa shape index (κ2) is 8.84. The Morgan fingerprint density at radius 1 is 1.20 bits per heavy atom. The molecule has 1 unspecified atom stereocenters. The van der Waals surface area contributed by atoms with Crippen LogP contribution in [0.5, 0.6) is 0 Å². The highest BCUT2D eigenvalue weighted by Gasteiger charge is 2.28. The van der Waals surface area contributed by atoms with E-state index in [0.717, 1.165) is 15.6 Å². The molecule has 1 atom stereocenters. The lowest BCUT2D eigenvalue weighted by atomic mass is 10.1.